The van der Waals surface area contributed by atoms with Gasteiger partial charge in [-0.1, -0.05) is 12.7 Å². The maximum atomic E-state index is 10.4. The van der Waals surface area contributed by atoms with E-state index in [0.29, 0.717) is 12.4 Å². The standard InChI is InChI=1S/C11H12BrN3O2/c1-2-5-17-10-4-3-8(6-9(10)12)7-14-15-11(13)16/h2-4,6-7H,1,5H2,(H3,13,15,16)/b14-7-. The summed E-state index contributed by atoms with van der Waals surface area (Å²) in [6, 6.07) is 4.70. The predicted octanol–water partition coefficient (Wildman–Crippen LogP) is 2.02. The number of carbonyl (C=O) groups excluding carboxylic acids is 1. The summed E-state index contributed by atoms with van der Waals surface area (Å²) in [6.07, 6.45) is 3.14. The molecule has 0 aliphatic heterocycles. The van der Waals surface area contributed by atoms with Gasteiger partial charge < -0.3 is 10.5 Å². The number of urea groups is 1. The van der Waals surface area contributed by atoms with Crippen molar-refractivity contribution in [2.75, 3.05) is 6.61 Å². The Morgan fingerprint density at radius 1 is 1.65 bits per heavy atom. The number of carbonyl (C=O) groups is 1. The van der Waals surface area contributed by atoms with Crippen LogP contribution < -0.4 is 15.9 Å². The third kappa shape index (κ3) is 4.69. The summed E-state index contributed by atoms with van der Waals surface area (Å²) >= 11 is 3.37. The van der Waals surface area contributed by atoms with Crippen molar-refractivity contribution in [1.29, 1.82) is 0 Å². The fourth-order valence-electron chi connectivity index (χ4n) is 1.03. The minimum absolute atomic E-state index is 0.440. The number of benzene rings is 1. The molecule has 0 spiro atoms. The number of hydrogen-bond acceptors (Lipinski definition) is 3. The number of ether oxygens (including phenoxy) is 1. The highest BCUT2D eigenvalue weighted by Crippen LogP contribution is 2.25. The second-order valence-electron chi connectivity index (χ2n) is 3.02. The van der Waals surface area contributed by atoms with Crippen LogP contribution in [0.1, 0.15) is 5.56 Å². The van der Waals surface area contributed by atoms with Crippen LogP contribution in [-0.4, -0.2) is 18.9 Å². The summed E-state index contributed by atoms with van der Waals surface area (Å²) < 4.78 is 6.18. The molecule has 0 radical (unpaired) electrons. The van der Waals surface area contributed by atoms with E-state index >= 15 is 0 Å². The molecule has 0 bridgehead atoms. The topological polar surface area (TPSA) is 76.7 Å². The molecule has 90 valence electrons. The fraction of sp³-hybridized carbons (Fsp3) is 0.0909. The van der Waals surface area contributed by atoms with Crippen molar-refractivity contribution in [2.45, 2.75) is 0 Å². The number of nitrogens with two attached hydrogens (primary N) is 1. The van der Waals surface area contributed by atoms with Crippen LogP contribution in [0.3, 0.4) is 0 Å². The van der Waals surface area contributed by atoms with Crippen LogP contribution >= 0.6 is 15.9 Å². The summed E-state index contributed by atoms with van der Waals surface area (Å²) in [5.74, 6) is 0.713. The van der Waals surface area contributed by atoms with E-state index in [1.807, 2.05) is 6.07 Å². The molecule has 1 aromatic rings. The largest absolute Gasteiger partial charge is 0.488 e. The average molecular weight is 298 g/mol. The Kier molecular flexibility index (Phi) is 5.22. The van der Waals surface area contributed by atoms with Gasteiger partial charge in [0.05, 0.1) is 10.7 Å². The lowest BCUT2D eigenvalue weighted by Crippen LogP contribution is -2.24. The summed E-state index contributed by atoms with van der Waals surface area (Å²) in [7, 11) is 0. The minimum atomic E-state index is -0.703. The molecule has 0 fully saturated rings. The SMILES string of the molecule is C=CCOc1ccc(/C=N\NC(N)=O)cc1Br. The van der Waals surface area contributed by atoms with Gasteiger partial charge in [-0.05, 0) is 39.7 Å². The number of nitrogens with one attached hydrogen (secondary N) is 1. The molecule has 3 N–H and O–H groups in total. The van der Waals surface area contributed by atoms with Crippen molar-refractivity contribution in [3.8, 4) is 5.75 Å². The number of halogens is 1. The first-order valence-corrected chi connectivity index (χ1v) is 5.54. The lowest BCUT2D eigenvalue weighted by atomic mass is 10.2. The van der Waals surface area contributed by atoms with Gasteiger partial charge in [0, 0.05) is 0 Å². The first kappa shape index (κ1) is 13.2. The van der Waals surface area contributed by atoms with Crippen LogP contribution in [0.5, 0.6) is 5.75 Å². The van der Waals surface area contributed by atoms with E-state index in [1.54, 1.807) is 18.2 Å². The van der Waals surface area contributed by atoms with Crippen molar-refractivity contribution in [3.05, 3.63) is 40.9 Å². The van der Waals surface area contributed by atoms with Crippen molar-refractivity contribution in [1.82, 2.24) is 5.43 Å². The number of hydrogen-bond donors (Lipinski definition) is 2. The van der Waals surface area contributed by atoms with Crippen LogP contribution in [0.2, 0.25) is 0 Å². The normalized spacial score (nSPS) is 10.2. The number of nitrogens with zero attached hydrogens (tertiary/aromatic N) is 1. The first-order valence-electron chi connectivity index (χ1n) is 4.75. The maximum absolute atomic E-state index is 10.4. The molecule has 5 nitrogen and oxygen atoms in total. The zero-order valence-corrected chi connectivity index (χ0v) is 10.6. The minimum Gasteiger partial charge on any atom is -0.488 e. The zero-order chi connectivity index (χ0) is 12.7. The van der Waals surface area contributed by atoms with E-state index in [0.717, 1.165) is 10.0 Å². The molecule has 0 saturated heterocycles. The number of hydrazone groups is 1. The van der Waals surface area contributed by atoms with Gasteiger partial charge in [0.1, 0.15) is 12.4 Å². The molecule has 1 aromatic carbocycles. The molecule has 17 heavy (non-hydrogen) atoms. The van der Waals surface area contributed by atoms with Crippen LogP contribution in [0.4, 0.5) is 4.79 Å². The highest BCUT2D eigenvalue weighted by Gasteiger charge is 2.00. The van der Waals surface area contributed by atoms with Crippen LogP contribution in [0.15, 0.2) is 40.4 Å². The van der Waals surface area contributed by atoms with Gasteiger partial charge in [0.25, 0.3) is 0 Å². The van der Waals surface area contributed by atoms with Gasteiger partial charge in [0.15, 0.2) is 0 Å². The third-order valence-corrected chi connectivity index (χ3v) is 2.32. The van der Waals surface area contributed by atoms with Crippen molar-refractivity contribution >= 4 is 28.2 Å². The Morgan fingerprint density at radius 2 is 2.41 bits per heavy atom. The predicted molar refractivity (Wildman–Crippen MR) is 70.1 cm³/mol. The third-order valence-electron chi connectivity index (χ3n) is 1.70. The second kappa shape index (κ2) is 6.70. The van der Waals surface area contributed by atoms with Gasteiger partial charge in [-0.25, -0.2) is 10.2 Å². The average Bonchev–Trinajstić information content (AvgIpc) is 2.27. The van der Waals surface area contributed by atoms with E-state index in [4.69, 9.17) is 10.5 Å². The first-order chi connectivity index (χ1) is 8.13. The van der Waals surface area contributed by atoms with E-state index in [9.17, 15) is 4.79 Å². The smallest absolute Gasteiger partial charge is 0.332 e. The molecule has 2 amide bonds. The van der Waals surface area contributed by atoms with Crippen molar-refractivity contribution < 1.29 is 9.53 Å². The summed E-state index contributed by atoms with van der Waals surface area (Å²) in [6.45, 7) is 4.01. The van der Waals surface area contributed by atoms with Crippen LogP contribution in [0, 0.1) is 0 Å². The number of rotatable bonds is 5. The van der Waals surface area contributed by atoms with Gasteiger partial charge in [-0.2, -0.15) is 5.10 Å². The summed E-state index contributed by atoms with van der Waals surface area (Å²) in [4.78, 5) is 10.4. The lowest BCUT2D eigenvalue weighted by molar-refractivity contribution is 0.249. The van der Waals surface area contributed by atoms with Crippen molar-refractivity contribution in [3.63, 3.8) is 0 Å². The van der Waals surface area contributed by atoms with Gasteiger partial charge in [0.2, 0.25) is 0 Å². The quantitative estimate of drug-likeness (QED) is 0.495. The summed E-state index contributed by atoms with van der Waals surface area (Å²) in [5, 5.41) is 3.65. The van der Waals surface area contributed by atoms with E-state index in [1.165, 1.54) is 6.21 Å². The Labute approximate surface area is 107 Å². The van der Waals surface area contributed by atoms with Gasteiger partial charge >= 0.3 is 6.03 Å². The molecular weight excluding hydrogens is 286 g/mol. The Hall–Kier alpha value is -1.82. The molecule has 0 unspecified atom stereocenters. The van der Waals surface area contributed by atoms with Crippen LogP contribution in [0.25, 0.3) is 0 Å². The Bertz CT molecular complexity index is 446. The number of amides is 2. The summed E-state index contributed by atoms with van der Waals surface area (Å²) in [5.41, 5.74) is 7.78. The number of primary amides is 1. The molecule has 6 heteroatoms. The fourth-order valence-corrected chi connectivity index (χ4v) is 1.54. The lowest BCUT2D eigenvalue weighted by Gasteiger charge is -2.06. The molecule has 1 rings (SSSR count). The molecule has 0 atom stereocenters. The highest BCUT2D eigenvalue weighted by atomic mass is 79.9. The maximum Gasteiger partial charge on any atom is 0.332 e. The Balaban J connectivity index is 2.71. The van der Waals surface area contributed by atoms with Gasteiger partial charge in [-0.3, -0.25) is 0 Å². The second-order valence-corrected chi connectivity index (χ2v) is 3.88. The van der Waals surface area contributed by atoms with Crippen molar-refractivity contribution in [2.24, 2.45) is 10.8 Å². The molecule has 0 aromatic heterocycles. The molecular formula is C11H12BrN3O2. The van der Waals surface area contributed by atoms with Crippen LogP contribution in [-0.2, 0) is 0 Å². The molecule has 0 aliphatic rings. The molecule has 0 heterocycles. The van der Waals surface area contributed by atoms with E-state index < -0.39 is 6.03 Å². The highest BCUT2D eigenvalue weighted by molar-refractivity contribution is 9.10. The zero-order valence-electron chi connectivity index (χ0n) is 9.02. The molecule has 0 saturated carbocycles. The van der Waals surface area contributed by atoms with Gasteiger partial charge in [-0.15, -0.1) is 0 Å². The Morgan fingerprint density at radius 3 is 3.00 bits per heavy atom. The molecule has 0 aliphatic carbocycles. The van der Waals surface area contributed by atoms with E-state index in [-0.39, 0.29) is 0 Å². The monoisotopic (exact) mass is 297 g/mol. The van der Waals surface area contributed by atoms with E-state index in [2.05, 4.69) is 33.0 Å².